The molecule has 0 aliphatic heterocycles. The predicted octanol–water partition coefficient (Wildman–Crippen LogP) is 6.68. The molecule has 0 bridgehead atoms. The van der Waals surface area contributed by atoms with Gasteiger partial charge in [-0.3, -0.25) is 4.98 Å². The van der Waals surface area contributed by atoms with Crippen molar-refractivity contribution in [1.82, 2.24) is 9.55 Å². The second kappa shape index (κ2) is 9.78. The number of hydrogen-bond acceptors (Lipinski definition) is 2. The normalized spacial score (nSPS) is 10.4. The zero-order valence-electron chi connectivity index (χ0n) is 17.5. The van der Waals surface area contributed by atoms with Gasteiger partial charge in [-0.2, -0.15) is 0 Å². The number of benzene rings is 4. The minimum Gasteiger partial charge on any atom is -0.540 e. The Labute approximate surface area is 201 Å². The molecule has 0 aliphatic carbocycles. The molecular weight excluding hydrogens is 573 g/mol. The van der Waals surface area contributed by atoms with Crippen molar-refractivity contribution in [3.8, 4) is 45.1 Å². The third kappa shape index (κ3) is 4.16. The Kier molecular flexibility index (Phi) is 6.65. The Morgan fingerprint density at radius 1 is 0.750 bits per heavy atom. The Balaban J connectivity index is 0.00000245. The first-order valence-electron chi connectivity index (χ1n) is 10.2. The second-order valence-electron chi connectivity index (χ2n) is 7.20. The van der Waals surface area contributed by atoms with Crippen LogP contribution in [-0.4, -0.2) is 16.7 Å². The summed E-state index contributed by atoms with van der Waals surface area (Å²) in [6, 6.07) is 36.5. The van der Waals surface area contributed by atoms with Crippen molar-refractivity contribution in [2.45, 2.75) is 0 Å². The maximum Gasteiger partial charge on any atom is 0.0647 e. The van der Waals surface area contributed by atoms with Crippen LogP contribution in [0.3, 0.4) is 0 Å². The van der Waals surface area contributed by atoms with Crippen LogP contribution in [0.2, 0.25) is 0 Å². The van der Waals surface area contributed by atoms with E-state index in [1.807, 2.05) is 42.7 Å². The van der Waals surface area contributed by atoms with Gasteiger partial charge in [0.15, 0.2) is 0 Å². The maximum atomic E-state index is 5.30. The van der Waals surface area contributed by atoms with Gasteiger partial charge in [0.2, 0.25) is 0 Å². The van der Waals surface area contributed by atoms with Crippen LogP contribution in [0.25, 0.3) is 39.3 Å². The summed E-state index contributed by atoms with van der Waals surface area (Å²) in [5, 5.41) is 0. The molecule has 0 aliphatic rings. The first kappa shape index (κ1) is 21.8. The van der Waals surface area contributed by atoms with Crippen molar-refractivity contribution in [3.63, 3.8) is 0 Å². The molecular formula is C28H21IrN2O-. The van der Waals surface area contributed by atoms with Gasteiger partial charge in [-0.25, -0.2) is 0 Å². The third-order valence-corrected chi connectivity index (χ3v) is 5.35. The molecule has 0 atom stereocenters. The predicted molar refractivity (Wildman–Crippen MR) is 125 cm³/mol. The fraction of sp³-hybridized carbons (Fsp3) is 0.0357. The molecule has 0 unspecified atom stereocenters. The molecule has 1 aromatic heterocycles. The number of imidazole rings is 1. The Bertz CT molecular complexity index is 1240. The Morgan fingerprint density at radius 3 is 1.91 bits per heavy atom. The van der Waals surface area contributed by atoms with E-state index < -0.39 is 0 Å². The topological polar surface area (TPSA) is 27.1 Å². The molecule has 3 nitrogen and oxygen atoms in total. The van der Waals surface area contributed by atoms with Crippen molar-refractivity contribution < 1.29 is 24.8 Å². The summed E-state index contributed by atoms with van der Waals surface area (Å²) in [7, 11) is 1.66. The van der Waals surface area contributed by atoms with Gasteiger partial charge in [0.05, 0.1) is 18.6 Å². The number of methoxy groups -OCH3 is 1. The molecule has 159 valence electrons. The van der Waals surface area contributed by atoms with Gasteiger partial charge in [-0.15, -0.1) is 29.8 Å². The van der Waals surface area contributed by atoms with Gasteiger partial charge < -0.3 is 9.30 Å². The molecule has 0 saturated carbocycles. The van der Waals surface area contributed by atoms with Crippen LogP contribution >= 0.6 is 0 Å². The van der Waals surface area contributed by atoms with E-state index in [1.165, 1.54) is 0 Å². The molecule has 1 heterocycles. The van der Waals surface area contributed by atoms with Crippen molar-refractivity contribution in [2.75, 3.05) is 7.11 Å². The summed E-state index contributed by atoms with van der Waals surface area (Å²) >= 11 is 0. The van der Waals surface area contributed by atoms with Crippen LogP contribution < -0.4 is 4.74 Å². The van der Waals surface area contributed by atoms with E-state index in [9.17, 15) is 0 Å². The third-order valence-electron chi connectivity index (χ3n) is 5.35. The molecule has 0 N–H and O–H groups in total. The largest absolute Gasteiger partial charge is 0.540 e. The van der Waals surface area contributed by atoms with Crippen molar-refractivity contribution in [1.29, 1.82) is 0 Å². The molecule has 5 rings (SSSR count). The van der Waals surface area contributed by atoms with Gasteiger partial charge in [-0.05, 0) is 11.1 Å². The van der Waals surface area contributed by atoms with Crippen molar-refractivity contribution >= 4 is 0 Å². The smallest absolute Gasteiger partial charge is 0.0647 e. The zero-order chi connectivity index (χ0) is 21.0. The van der Waals surface area contributed by atoms with Crippen LogP contribution in [0.5, 0.6) is 5.75 Å². The fourth-order valence-corrected chi connectivity index (χ4v) is 3.86. The summed E-state index contributed by atoms with van der Waals surface area (Å²) in [4.78, 5) is 4.68. The van der Waals surface area contributed by atoms with Crippen LogP contribution in [0.4, 0.5) is 0 Å². The summed E-state index contributed by atoms with van der Waals surface area (Å²) in [5.41, 5.74) is 6.62. The first-order valence-corrected chi connectivity index (χ1v) is 10.2. The van der Waals surface area contributed by atoms with Gasteiger partial charge in [0.1, 0.15) is 0 Å². The number of para-hydroxylation sites is 1. The minimum atomic E-state index is 0. The molecule has 32 heavy (non-hydrogen) atoms. The monoisotopic (exact) mass is 594 g/mol. The summed E-state index contributed by atoms with van der Waals surface area (Å²) in [6.07, 6.45) is 3.85. The molecule has 1 radical (unpaired) electrons. The fourth-order valence-electron chi connectivity index (χ4n) is 3.86. The Morgan fingerprint density at radius 2 is 1.38 bits per heavy atom. The van der Waals surface area contributed by atoms with Crippen molar-refractivity contribution in [2.24, 2.45) is 0 Å². The van der Waals surface area contributed by atoms with Crippen LogP contribution in [-0.2, 0) is 20.1 Å². The van der Waals surface area contributed by atoms with E-state index in [1.54, 1.807) is 7.11 Å². The molecule has 0 amide bonds. The van der Waals surface area contributed by atoms with E-state index in [0.717, 1.165) is 45.1 Å². The quantitative estimate of drug-likeness (QED) is 0.213. The van der Waals surface area contributed by atoms with Crippen LogP contribution in [0, 0.1) is 6.07 Å². The zero-order valence-corrected chi connectivity index (χ0v) is 19.9. The van der Waals surface area contributed by atoms with E-state index >= 15 is 0 Å². The summed E-state index contributed by atoms with van der Waals surface area (Å²) < 4.78 is 7.45. The SMILES string of the molecule is COc1c[c-]c(-c2nccn2-c2c(-c3ccccc3)cccc2-c2ccccc2)cc1.[Ir]. The molecule has 0 saturated heterocycles. The van der Waals surface area contributed by atoms with E-state index in [0.29, 0.717) is 0 Å². The van der Waals surface area contributed by atoms with E-state index in [-0.39, 0.29) is 20.1 Å². The van der Waals surface area contributed by atoms with Gasteiger partial charge >= 0.3 is 0 Å². The average molecular weight is 594 g/mol. The molecule has 0 spiro atoms. The summed E-state index contributed by atoms with van der Waals surface area (Å²) in [6.45, 7) is 0. The molecule has 4 heteroatoms. The van der Waals surface area contributed by atoms with Gasteiger partial charge in [0.25, 0.3) is 0 Å². The van der Waals surface area contributed by atoms with Crippen molar-refractivity contribution in [3.05, 3.63) is 116 Å². The number of aromatic nitrogens is 2. The second-order valence-corrected chi connectivity index (χ2v) is 7.20. The van der Waals surface area contributed by atoms with E-state index in [2.05, 4.69) is 82.3 Å². The minimum absolute atomic E-state index is 0. The number of hydrogen-bond donors (Lipinski definition) is 0. The van der Waals surface area contributed by atoms with Crippen LogP contribution in [0.15, 0.2) is 109 Å². The van der Waals surface area contributed by atoms with Gasteiger partial charge in [0, 0.05) is 49.4 Å². The average Bonchev–Trinajstić information content (AvgIpc) is 3.34. The Hall–Kier alpha value is -3.46. The number of rotatable bonds is 5. The van der Waals surface area contributed by atoms with Crippen LogP contribution in [0.1, 0.15) is 0 Å². The van der Waals surface area contributed by atoms with E-state index in [4.69, 9.17) is 4.74 Å². The maximum absolute atomic E-state index is 5.30. The molecule has 5 aromatic rings. The number of ether oxygens (including phenoxy) is 1. The summed E-state index contributed by atoms with van der Waals surface area (Å²) in [5.74, 6) is 1.61. The first-order chi connectivity index (χ1) is 15.3. The molecule has 4 aromatic carbocycles. The molecule has 0 fully saturated rings. The number of nitrogens with zero attached hydrogens (tertiary/aromatic N) is 2. The van der Waals surface area contributed by atoms with Gasteiger partial charge in [-0.1, -0.05) is 78.9 Å². The standard InChI is InChI=1S/C28H21N2O.Ir/c1-31-24-17-15-23(16-18-24)28-29-19-20-30(28)27-25(21-9-4-2-5-10-21)13-8-14-26(27)22-11-6-3-7-12-22;/h2-15,17-20H,1H3;/q-1;.